The largest absolute Gasteiger partial charge is 0.497 e. The van der Waals surface area contributed by atoms with E-state index in [0.29, 0.717) is 5.75 Å². The highest BCUT2D eigenvalue weighted by Gasteiger charge is 2.34. The molecule has 0 bridgehead atoms. The Morgan fingerprint density at radius 1 is 1.33 bits per heavy atom. The maximum atomic E-state index is 12.5. The van der Waals surface area contributed by atoms with Crippen LogP contribution in [0.4, 0.5) is 13.2 Å². The van der Waals surface area contributed by atoms with Crippen LogP contribution in [0, 0.1) is 0 Å². The number of halogens is 3. The summed E-state index contributed by atoms with van der Waals surface area (Å²) in [4.78, 5) is 0. The van der Waals surface area contributed by atoms with Gasteiger partial charge in [0, 0.05) is 6.04 Å². The van der Waals surface area contributed by atoms with E-state index in [1.165, 1.54) is 26.2 Å². The molecule has 0 fully saturated rings. The van der Waals surface area contributed by atoms with Gasteiger partial charge < -0.3 is 10.5 Å². The van der Waals surface area contributed by atoms with Crippen molar-refractivity contribution in [2.24, 2.45) is 5.73 Å². The molecule has 0 aliphatic carbocycles. The zero-order valence-corrected chi connectivity index (χ0v) is 8.43. The minimum Gasteiger partial charge on any atom is -0.497 e. The molecule has 0 saturated heterocycles. The molecular formula is C10H12F3NO. The number of hydrogen-bond donors (Lipinski definition) is 1. The minimum absolute atomic E-state index is 0.0434. The van der Waals surface area contributed by atoms with Crippen LogP contribution in [0.1, 0.15) is 24.1 Å². The number of alkyl halides is 3. The fourth-order valence-corrected chi connectivity index (χ4v) is 1.30. The van der Waals surface area contributed by atoms with E-state index in [4.69, 9.17) is 10.5 Å². The summed E-state index contributed by atoms with van der Waals surface area (Å²) < 4.78 is 42.5. The van der Waals surface area contributed by atoms with Gasteiger partial charge in [-0.1, -0.05) is 0 Å². The lowest BCUT2D eigenvalue weighted by Crippen LogP contribution is -2.15. The Balaban J connectivity index is 3.28. The van der Waals surface area contributed by atoms with Crippen LogP contribution in [0.3, 0.4) is 0 Å². The minimum atomic E-state index is -4.38. The van der Waals surface area contributed by atoms with Gasteiger partial charge in [0.2, 0.25) is 0 Å². The Labute approximate surface area is 85.8 Å². The summed E-state index contributed by atoms with van der Waals surface area (Å²) in [6.45, 7) is 1.50. The third-order valence-electron chi connectivity index (χ3n) is 2.05. The first-order valence-corrected chi connectivity index (χ1v) is 4.37. The van der Waals surface area contributed by atoms with E-state index in [-0.39, 0.29) is 5.56 Å². The Hall–Kier alpha value is -1.23. The number of benzene rings is 1. The fraction of sp³-hybridized carbons (Fsp3) is 0.400. The van der Waals surface area contributed by atoms with Crippen molar-refractivity contribution >= 4 is 0 Å². The number of rotatable bonds is 2. The zero-order valence-electron chi connectivity index (χ0n) is 8.43. The summed E-state index contributed by atoms with van der Waals surface area (Å²) in [5, 5.41) is 0. The first kappa shape index (κ1) is 11.8. The first-order chi connectivity index (χ1) is 6.86. The smallest absolute Gasteiger partial charge is 0.416 e. The van der Waals surface area contributed by atoms with E-state index in [9.17, 15) is 13.2 Å². The molecular weight excluding hydrogens is 207 g/mol. The van der Waals surface area contributed by atoms with Crippen molar-refractivity contribution in [3.05, 3.63) is 29.3 Å². The van der Waals surface area contributed by atoms with Crippen molar-refractivity contribution in [2.75, 3.05) is 7.11 Å². The normalized spacial score (nSPS) is 13.7. The lowest BCUT2D eigenvalue weighted by atomic mass is 10.0. The molecule has 1 aromatic carbocycles. The van der Waals surface area contributed by atoms with E-state index in [1.54, 1.807) is 0 Å². The predicted octanol–water partition coefficient (Wildman–Crippen LogP) is 2.73. The van der Waals surface area contributed by atoms with Gasteiger partial charge in [-0.05, 0) is 30.7 Å². The van der Waals surface area contributed by atoms with E-state index in [2.05, 4.69) is 0 Å². The van der Waals surface area contributed by atoms with E-state index < -0.39 is 17.8 Å². The van der Waals surface area contributed by atoms with Crippen LogP contribution in [0.25, 0.3) is 0 Å². The fourth-order valence-electron chi connectivity index (χ4n) is 1.30. The number of nitrogens with two attached hydrogens (primary N) is 1. The number of ether oxygens (including phenoxy) is 1. The molecule has 5 heteroatoms. The van der Waals surface area contributed by atoms with Gasteiger partial charge in [-0.2, -0.15) is 13.2 Å². The second-order valence-electron chi connectivity index (χ2n) is 3.24. The van der Waals surface area contributed by atoms with Crippen LogP contribution >= 0.6 is 0 Å². The molecule has 0 aliphatic rings. The Bertz CT molecular complexity index is 347. The summed E-state index contributed by atoms with van der Waals surface area (Å²) in [5.41, 5.74) is 4.81. The molecule has 0 radical (unpaired) electrons. The van der Waals surface area contributed by atoms with Crippen molar-refractivity contribution in [3.63, 3.8) is 0 Å². The third kappa shape index (κ3) is 2.62. The van der Waals surface area contributed by atoms with Crippen LogP contribution in [-0.4, -0.2) is 7.11 Å². The van der Waals surface area contributed by atoms with Gasteiger partial charge in [0.1, 0.15) is 5.75 Å². The lowest BCUT2D eigenvalue weighted by Gasteiger charge is -2.16. The van der Waals surface area contributed by atoms with Gasteiger partial charge >= 0.3 is 6.18 Å². The van der Waals surface area contributed by atoms with Crippen LogP contribution in [0.15, 0.2) is 18.2 Å². The van der Waals surface area contributed by atoms with Gasteiger partial charge in [0.15, 0.2) is 0 Å². The van der Waals surface area contributed by atoms with Crippen molar-refractivity contribution in [3.8, 4) is 5.75 Å². The van der Waals surface area contributed by atoms with Gasteiger partial charge in [0.25, 0.3) is 0 Å². The molecule has 0 aromatic heterocycles. The van der Waals surface area contributed by atoms with Crippen molar-refractivity contribution in [1.82, 2.24) is 0 Å². The molecule has 0 saturated carbocycles. The molecule has 0 unspecified atom stereocenters. The average molecular weight is 219 g/mol. The van der Waals surface area contributed by atoms with E-state index in [1.807, 2.05) is 0 Å². The summed E-state index contributed by atoms with van der Waals surface area (Å²) in [6.07, 6.45) is -4.38. The summed E-state index contributed by atoms with van der Waals surface area (Å²) >= 11 is 0. The highest BCUT2D eigenvalue weighted by atomic mass is 19.4. The molecule has 2 N–H and O–H groups in total. The maximum Gasteiger partial charge on any atom is 0.416 e. The molecule has 0 amide bonds. The van der Waals surface area contributed by atoms with Crippen LogP contribution < -0.4 is 10.5 Å². The number of methoxy groups -OCH3 is 1. The van der Waals surface area contributed by atoms with Crippen LogP contribution in [-0.2, 0) is 6.18 Å². The third-order valence-corrected chi connectivity index (χ3v) is 2.05. The maximum absolute atomic E-state index is 12.5. The second kappa shape index (κ2) is 4.10. The molecule has 84 valence electrons. The molecule has 1 rings (SSSR count). The van der Waals surface area contributed by atoms with Gasteiger partial charge in [-0.25, -0.2) is 0 Å². The first-order valence-electron chi connectivity index (χ1n) is 4.37. The van der Waals surface area contributed by atoms with Gasteiger partial charge in [0.05, 0.1) is 12.7 Å². The predicted molar refractivity (Wildman–Crippen MR) is 50.6 cm³/mol. The summed E-state index contributed by atoms with van der Waals surface area (Å²) in [7, 11) is 1.40. The summed E-state index contributed by atoms with van der Waals surface area (Å²) in [5.74, 6) is 0.371. The highest BCUT2D eigenvalue weighted by Crippen LogP contribution is 2.35. The topological polar surface area (TPSA) is 35.2 Å². The molecule has 0 heterocycles. The van der Waals surface area contributed by atoms with Crippen molar-refractivity contribution in [1.29, 1.82) is 0 Å². The quantitative estimate of drug-likeness (QED) is 0.830. The zero-order chi connectivity index (χ0) is 11.6. The monoisotopic (exact) mass is 219 g/mol. The SMILES string of the molecule is COc1ccc(C(F)(F)F)c([C@@H](C)N)c1. The van der Waals surface area contributed by atoms with Crippen molar-refractivity contribution in [2.45, 2.75) is 19.1 Å². The van der Waals surface area contributed by atoms with Crippen LogP contribution in [0.5, 0.6) is 5.75 Å². The van der Waals surface area contributed by atoms with Crippen molar-refractivity contribution < 1.29 is 17.9 Å². The molecule has 1 aromatic rings. The van der Waals surface area contributed by atoms with Crippen LogP contribution in [0.2, 0.25) is 0 Å². The Morgan fingerprint density at radius 3 is 2.33 bits per heavy atom. The lowest BCUT2D eigenvalue weighted by molar-refractivity contribution is -0.138. The highest BCUT2D eigenvalue weighted by molar-refractivity contribution is 5.38. The molecule has 2 nitrogen and oxygen atoms in total. The second-order valence-corrected chi connectivity index (χ2v) is 3.24. The summed E-state index contributed by atoms with van der Waals surface area (Å²) in [6, 6.07) is 2.89. The van der Waals surface area contributed by atoms with Gasteiger partial charge in [-0.15, -0.1) is 0 Å². The molecule has 0 spiro atoms. The van der Waals surface area contributed by atoms with E-state index in [0.717, 1.165) is 6.07 Å². The Morgan fingerprint density at radius 2 is 1.93 bits per heavy atom. The average Bonchev–Trinajstić information content (AvgIpc) is 2.15. The standard InChI is InChI=1S/C10H12F3NO/c1-6(14)8-5-7(15-2)3-4-9(8)10(11,12)13/h3-6H,14H2,1-2H3/t6-/m1/s1. The Kier molecular flexibility index (Phi) is 3.24. The molecule has 0 aliphatic heterocycles. The molecule has 1 atom stereocenters. The molecule has 15 heavy (non-hydrogen) atoms. The van der Waals surface area contributed by atoms with E-state index >= 15 is 0 Å². The van der Waals surface area contributed by atoms with Gasteiger partial charge in [-0.3, -0.25) is 0 Å². The number of hydrogen-bond acceptors (Lipinski definition) is 2.